The van der Waals surface area contributed by atoms with Crippen molar-refractivity contribution in [3.05, 3.63) is 101 Å². The number of aliphatic carboxylic acids is 1. The lowest BCUT2D eigenvalue weighted by Gasteiger charge is -2.17. The zero-order chi connectivity index (χ0) is 28.7. The summed E-state index contributed by atoms with van der Waals surface area (Å²) in [4.78, 5) is 35.1. The minimum atomic E-state index is -5.08. The van der Waals surface area contributed by atoms with Crippen molar-refractivity contribution in [3.8, 4) is 0 Å². The van der Waals surface area contributed by atoms with Crippen molar-refractivity contribution in [2.24, 2.45) is 5.73 Å². The largest absolute Gasteiger partial charge is 0.490 e. The normalized spacial score (nSPS) is 13.6. The van der Waals surface area contributed by atoms with E-state index in [0.717, 1.165) is 30.0 Å². The van der Waals surface area contributed by atoms with Crippen molar-refractivity contribution >= 4 is 34.7 Å². The van der Waals surface area contributed by atoms with E-state index in [1.807, 2.05) is 25.1 Å². The molecule has 1 heterocycles. The number of allylic oxidation sites excluding steroid dienone is 1. The van der Waals surface area contributed by atoms with Gasteiger partial charge in [-0.2, -0.15) is 13.2 Å². The summed E-state index contributed by atoms with van der Waals surface area (Å²) in [7, 11) is 2.10. The summed E-state index contributed by atoms with van der Waals surface area (Å²) in [5, 5.41) is 13.3. The van der Waals surface area contributed by atoms with Crippen LogP contribution in [0.25, 0.3) is 5.57 Å². The molecular weight excluding hydrogens is 513 g/mol. The van der Waals surface area contributed by atoms with Gasteiger partial charge in [0, 0.05) is 41.3 Å². The first-order valence-electron chi connectivity index (χ1n) is 11.7. The van der Waals surface area contributed by atoms with Crippen molar-refractivity contribution in [2.75, 3.05) is 17.7 Å². The molecule has 0 bridgehead atoms. The molecule has 0 radical (unpaired) electrons. The average Bonchev–Trinajstić information content (AvgIpc) is 3.20. The Labute approximate surface area is 222 Å². The van der Waals surface area contributed by atoms with Gasteiger partial charge in [-0.3, -0.25) is 14.5 Å². The lowest BCUT2D eigenvalue weighted by Crippen LogP contribution is -2.21. The molecule has 0 aliphatic carbocycles. The maximum atomic E-state index is 12.5. The van der Waals surface area contributed by atoms with Crippen molar-refractivity contribution < 1.29 is 32.7 Å². The van der Waals surface area contributed by atoms with Gasteiger partial charge in [-0.05, 0) is 49.4 Å². The fourth-order valence-electron chi connectivity index (χ4n) is 3.93. The number of carbonyl (C=O) groups excluding carboxylic acids is 2. The molecule has 0 unspecified atom stereocenters. The maximum Gasteiger partial charge on any atom is 0.490 e. The second-order valence-corrected chi connectivity index (χ2v) is 8.86. The highest BCUT2D eigenvalue weighted by Crippen LogP contribution is 2.34. The van der Waals surface area contributed by atoms with Crippen LogP contribution in [-0.4, -0.2) is 41.0 Å². The first kappa shape index (κ1) is 28.9. The number of carboxylic acid groups (broad SMARTS) is 1. The van der Waals surface area contributed by atoms with Crippen LogP contribution in [0, 0.1) is 0 Å². The number of benzene rings is 3. The van der Waals surface area contributed by atoms with Crippen molar-refractivity contribution in [3.63, 3.8) is 0 Å². The number of nitrogens with two attached hydrogens (primary N) is 1. The van der Waals surface area contributed by atoms with Crippen LogP contribution >= 0.6 is 0 Å². The lowest BCUT2D eigenvalue weighted by molar-refractivity contribution is -0.192. The molecule has 4 rings (SSSR count). The number of anilines is 2. The summed E-state index contributed by atoms with van der Waals surface area (Å²) in [5.74, 6) is -3.48. The summed E-state index contributed by atoms with van der Waals surface area (Å²) >= 11 is 0. The number of hydrogen-bond donors (Lipinski definition) is 4. The lowest BCUT2D eigenvalue weighted by atomic mass is 10.0. The number of rotatable bonds is 7. The number of carboxylic acids is 1. The number of hydrogen-bond acceptors (Lipinski definition) is 5. The Balaban J connectivity index is 0.000000532. The second kappa shape index (κ2) is 12.3. The quantitative estimate of drug-likeness (QED) is 0.318. The van der Waals surface area contributed by atoms with E-state index in [4.69, 9.17) is 15.6 Å². The Hall–Kier alpha value is -4.64. The van der Waals surface area contributed by atoms with Gasteiger partial charge in [0.15, 0.2) is 0 Å². The Bertz CT molecular complexity index is 1390. The molecule has 0 atom stereocenters. The minimum Gasteiger partial charge on any atom is -0.475 e. The molecule has 3 aromatic carbocycles. The first-order chi connectivity index (χ1) is 18.3. The van der Waals surface area contributed by atoms with Crippen molar-refractivity contribution in [2.45, 2.75) is 26.2 Å². The topological polar surface area (TPSA) is 125 Å². The highest BCUT2D eigenvalue weighted by atomic mass is 19.4. The molecule has 0 saturated carbocycles. The molecule has 0 spiro atoms. The molecule has 1 aliphatic rings. The minimum absolute atomic E-state index is 0.203. The summed E-state index contributed by atoms with van der Waals surface area (Å²) in [6.07, 6.45) is -5.08. The van der Waals surface area contributed by atoms with Gasteiger partial charge in [-0.15, -0.1) is 0 Å². The first-order valence-corrected chi connectivity index (χ1v) is 11.7. The molecular formula is C28H27F3N4O4. The van der Waals surface area contributed by atoms with Gasteiger partial charge in [0.25, 0.3) is 5.91 Å². The summed E-state index contributed by atoms with van der Waals surface area (Å²) in [6.45, 7) is 3.60. The van der Waals surface area contributed by atoms with E-state index in [1.54, 1.807) is 18.2 Å². The smallest absolute Gasteiger partial charge is 0.475 e. The molecule has 8 nitrogen and oxygen atoms in total. The predicted molar refractivity (Wildman–Crippen MR) is 142 cm³/mol. The number of primary amides is 1. The maximum absolute atomic E-state index is 12.5. The highest BCUT2D eigenvalue weighted by Gasteiger charge is 2.38. The van der Waals surface area contributed by atoms with Crippen LogP contribution in [0.5, 0.6) is 0 Å². The van der Waals surface area contributed by atoms with E-state index in [1.165, 1.54) is 11.1 Å². The van der Waals surface area contributed by atoms with Gasteiger partial charge in [0.05, 0.1) is 5.57 Å². The fraction of sp³-hybridized carbons (Fsp3) is 0.179. The number of halogens is 3. The van der Waals surface area contributed by atoms with Gasteiger partial charge in [0.1, 0.15) is 0 Å². The van der Waals surface area contributed by atoms with Crippen LogP contribution in [0.3, 0.4) is 0 Å². The van der Waals surface area contributed by atoms with Crippen molar-refractivity contribution in [1.82, 2.24) is 4.90 Å². The van der Waals surface area contributed by atoms with Gasteiger partial charge >= 0.3 is 12.1 Å². The molecule has 204 valence electrons. The van der Waals surface area contributed by atoms with Crippen LogP contribution in [0.2, 0.25) is 0 Å². The number of amides is 2. The third-order valence-corrected chi connectivity index (χ3v) is 5.70. The molecule has 0 saturated heterocycles. The average molecular weight is 541 g/mol. The summed E-state index contributed by atoms with van der Waals surface area (Å²) in [5.41, 5.74) is 11.8. The Kier molecular flexibility index (Phi) is 9.10. The highest BCUT2D eigenvalue weighted by molar-refractivity contribution is 6.32. The number of alkyl halides is 3. The van der Waals surface area contributed by atoms with Gasteiger partial charge in [-0.25, -0.2) is 4.79 Å². The molecule has 1 aliphatic heterocycles. The number of nitrogens with one attached hydrogen (secondary N) is 2. The van der Waals surface area contributed by atoms with Crippen LogP contribution in [0.1, 0.15) is 34.0 Å². The zero-order valence-electron chi connectivity index (χ0n) is 21.2. The Morgan fingerprint density at radius 2 is 1.54 bits per heavy atom. The SMILES string of the molecule is CC(Nc1ccc(CN(C)Cc2ccccc2)cc1)=C1C(=O)Nc2cc(C(N)=O)ccc21.O=C(O)C(F)(F)F. The molecule has 39 heavy (non-hydrogen) atoms. The van der Waals surface area contributed by atoms with Gasteiger partial charge < -0.3 is 21.5 Å². The third kappa shape index (κ3) is 7.92. The standard InChI is InChI=1S/C26H26N4O2.C2HF3O2/c1-17(24-22-13-10-20(25(27)31)14-23(22)29-26(24)32)28-21-11-8-19(9-12-21)16-30(2)15-18-6-4-3-5-7-18;3-2(4,5)1(6)7/h3-14,28H,15-16H2,1-2H3,(H2,27,31)(H,29,32);(H,6,7). The van der Waals surface area contributed by atoms with E-state index in [2.05, 4.69) is 59.0 Å². The number of fused-ring (bicyclic) bond motifs is 1. The molecule has 11 heteroatoms. The van der Waals surface area contributed by atoms with Crippen LogP contribution in [0.4, 0.5) is 24.5 Å². The van der Waals surface area contributed by atoms with Crippen LogP contribution < -0.4 is 16.4 Å². The molecule has 2 amide bonds. The number of carbonyl (C=O) groups is 3. The van der Waals surface area contributed by atoms with Gasteiger partial charge in [0.2, 0.25) is 5.91 Å². The fourth-order valence-corrected chi connectivity index (χ4v) is 3.93. The summed E-state index contributed by atoms with van der Waals surface area (Å²) in [6, 6.07) is 23.6. The Morgan fingerprint density at radius 3 is 2.08 bits per heavy atom. The zero-order valence-corrected chi connectivity index (χ0v) is 21.2. The monoisotopic (exact) mass is 540 g/mol. The Morgan fingerprint density at radius 1 is 0.974 bits per heavy atom. The van der Waals surface area contributed by atoms with E-state index in [0.29, 0.717) is 16.8 Å². The summed E-state index contributed by atoms with van der Waals surface area (Å²) < 4.78 is 31.7. The molecule has 0 aromatic heterocycles. The van der Waals surface area contributed by atoms with E-state index < -0.39 is 18.1 Å². The molecule has 3 aromatic rings. The number of nitrogens with zero attached hydrogens (tertiary/aromatic N) is 1. The van der Waals surface area contributed by atoms with Gasteiger partial charge in [-0.1, -0.05) is 48.5 Å². The third-order valence-electron chi connectivity index (χ3n) is 5.70. The van der Waals surface area contributed by atoms with E-state index >= 15 is 0 Å². The van der Waals surface area contributed by atoms with Crippen LogP contribution in [0.15, 0.2) is 78.5 Å². The predicted octanol–water partition coefficient (Wildman–Crippen LogP) is 4.85. The van der Waals surface area contributed by atoms with E-state index in [9.17, 15) is 22.8 Å². The van der Waals surface area contributed by atoms with Crippen molar-refractivity contribution in [1.29, 1.82) is 0 Å². The van der Waals surface area contributed by atoms with E-state index in [-0.39, 0.29) is 5.91 Å². The van der Waals surface area contributed by atoms with Crippen LogP contribution in [-0.2, 0) is 22.7 Å². The molecule has 0 fully saturated rings. The second-order valence-electron chi connectivity index (χ2n) is 8.86. The molecule has 5 N–H and O–H groups in total.